The molecule has 0 atom stereocenters. The molecule has 1 N–H and O–H groups in total. The third-order valence-corrected chi connectivity index (χ3v) is 4.46. The molecule has 0 fully saturated rings. The molecule has 7 heteroatoms. The van der Waals surface area contributed by atoms with Crippen molar-refractivity contribution in [2.24, 2.45) is 0 Å². The van der Waals surface area contributed by atoms with Crippen molar-refractivity contribution in [3.8, 4) is 11.4 Å². The zero-order chi connectivity index (χ0) is 17.4. The number of aromatic amines is 1. The van der Waals surface area contributed by atoms with Crippen LogP contribution in [0.4, 0.5) is 0 Å². The molecule has 0 bridgehead atoms. The predicted molar refractivity (Wildman–Crippen MR) is 91.9 cm³/mol. The third-order valence-electron chi connectivity index (χ3n) is 4.46. The number of aromatic nitrogens is 4. The van der Waals surface area contributed by atoms with Crippen LogP contribution < -0.4 is 5.56 Å². The van der Waals surface area contributed by atoms with E-state index in [1.807, 2.05) is 26.0 Å². The van der Waals surface area contributed by atoms with Crippen LogP contribution in [-0.2, 0) is 19.5 Å². The lowest BCUT2D eigenvalue weighted by molar-refractivity contribution is 0.238. The van der Waals surface area contributed by atoms with Crippen LogP contribution >= 0.6 is 0 Å². The van der Waals surface area contributed by atoms with Gasteiger partial charge >= 0.3 is 0 Å². The van der Waals surface area contributed by atoms with Crippen LogP contribution in [0.1, 0.15) is 28.6 Å². The number of H-pyrrole nitrogens is 1. The number of rotatable bonds is 3. The minimum Gasteiger partial charge on any atom is -0.446 e. The monoisotopic (exact) mass is 337 g/mol. The molecule has 0 unspecified atom stereocenters. The Kier molecular flexibility index (Phi) is 3.93. The maximum atomic E-state index is 12.6. The van der Waals surface area contributed by atoms with Gasteiger partial charge in [-0.15, -0.1) is 0 Å². The van der Waals surface area contributed by atoms with Gasteiger partial charge in [-0.05, 0) is 19.1 Å². The zero-order valence-electron chi connectivity index (χ0n) is 14.2. The fourth-order valence-corrected chi connectivity index (χ4v) is 3.19. The Morgan fingerprint density at radius 3 is 2.92 bits per heavy atom. The summed E-state index contributed by atoms with van der Waals surface area (Å²) in [6, 6.07) is 3.72. The molecular weight excluding hydrogens is 318 g/mol. The van der Waals surface area contributed by atoms with Gasteiger partial charge in [-0.3, -0.25) is 14.7 Å². The van der Waals surface area contributed by atoms with E-state index in [9.17, 15) is 4.79 Å². The highest BCUT2D eigenvalue weighted by Gasteiger charge is 2.23. The lowest BCUT2D eigenvalue weighted by atomic mass is 10.1. The first-order valence-electron chi connectivity index (χ1n) is 8.28. The van der Waals surface area contributed by atoms with Crippen molar-refractivity contribution in [1.82, 2.24) is 24.8 Å². The van der Waals surface area contributed by atoms with Crippen molar-refractivity contribution >= 4 is 0 Å². The van der Waals surface area contributed by atoms with E-state index in [0.29, 0.717) is 24.8 Å². The quantitative estimate of drug-likeness (QED) is 0.786. The Bertz CT molecular complexity index is 961. The number of nitrogens with one attached hydrogen (secondary N) is 1. The number of hydrogen-bond donors (Lipinski definition) is 1. The molecule has 0 radical (unpaired) electrons. The van der Waals surface area contributed by atoms with E-state index in [1.54, 1.807) is 12.4 Å². The largest absolute Gasteiger partial charge is 0.446 e. The van der Waals surface area contributed by atoms with E-state index in [4.69, 9.17) is 4.42 Å². The molecule has 0 amide bonds. The first-order valence-corrected chi connectivity index (χ1v) is 8.28. The Hall–Kier alpha value is -2.80. The van der Waals surface area contributed by atoms with Crippen molar-refractivity contribution < 1.29 is 4.42 Å². The molecule has 3 aromatic rings. The average Bonchev–Trinajstić information content (AvgIpc) is 2.93. The number of oxazole rings is 1. The SMILES string of the molecule is Cc1nc(CN2CCc3nc(-c4cccnc4)[nH]c(=O)c3C2)c(C)o1. The van der Waals surface area contributed by atoms with Gasteiger partial charge in [0.05, 0.1) is 17.0 Å². The maximum absolute atomic E-state index is 12.6. The smallest absolute Gasteiger partial charge is 0.255 e. The molecule has 25 heavy (non-hydrogen) atoms. The molecule has 3 aromatic heterocycles. The van der Waals surface area contributed by atoms with Gasteiger partial charge in [-0.25, -0.2) is 9.97 Å². The Morgan fingerprint density at radius 1 is 1.32 bits per heavy atom. The first kappa shape index (κ1) is 15.7. The number of pyridine rings is 1. The highest BCUT2D eigenvalue weighted by Crippen LogP contribution is 2.20. The minimum atomic E-state index is -0.0818. The van der Waals surface area contributed by atoms with Crippen LogP contribution in [0.2, 0.25) is 0 Å². The minimum absolute atomic E-state index is 0.0818. The number of nitrogens with zero attached hydrogens (tertiary/aromatic N) is 4. The summed E-state index contributed by atoms with van der Waals surface area (Å²) < 4.78 is 5.49. The molecule has 1 aliphatic rings. The zero-order valence-corrected chi connectivity index (χ0v) is 14.2. The van der Waals surface area contributed by atoms with Crippen molar-refractivity contribution in [2.45, 2.75) is 33.4 Å². The Balaban J connectivity index is 1.59. The molecule has 128 valence electrons. The van der Waals surface area contributed by atoms with Crippen LogP contribution in [0.25, 0.3) is 11.4 Å². The van der Waals surface area contributed by atoms with Crippen LogP contribution in [-0.4, -0.2) is 31.4 Å². The highest BCUT2D eigenvalue weighted by molar-refractivity contribution is 5.53. The molecule has 1 aliphatic heterocycles. The molecule has 4 heterocycles. The highest BCUT2D eigenvalue weighted by atomic mass is 16.4. The second-order valence-electron chi connectivity index (χ2n) is 6.28. The fraction of sp³-hybridized carbons (Fsp3) is 0.333. The summed E-state index contributed by atoms with van der Waals surface area (Å²) in [5.41, 5.74) is 3.26. The van der Waals surface area contributed by atoms with Crippen molar-refractivity contribution in [3.63, 3.8) is 0 Å². The number of aryl methyl sites for hydroxylation is 2. The molecule has 4 rings (SSSR count). The maximum Gasteiger partial charge on any atom is 0.255 e. The van der Waals surface area contributed by atoms with Gasteiger partial charge in [0.15, 0.2) is 5.89 Å². The van der Waals surface area contributed by atoms with Crippen LogP contribution in [0.15, 0.2) is 33.7 Å². The average molecular weight is 337 g/mol. The number of hydrogen-bond acceptors (Lipinski definition) is 6. The van der Waals surface area contributed by atoms with E-state index in [-0.39, 0.29) is 5.56 Å². The van der Waals surface area contributed by atoms with Gasteiger partial charge in [0.1, 0.15) is 11.6 Å². The molecule has 0 saturated heterocycles. The van der Waals surface area contributed by atoms with Gasteiger partial charge < -0.3 is 9.40 Å². The Labute approximate surface area is 144 Å². The second-order valence-corrected chi connectivity index (χ2v) is 6.28. The molecule has 0 aromatic carbocycles. The van der Waals surface area contributed by atoms with E-state index < -0.39 is 0 Å². The molecule has 0 aliphatic carbocycles. The van der Waals surface area contributed by atoms with Crippen LogP contribution in [0.3, 0.4) is 0 Å². The molecule has 0 spiro atoms. The Morgan fingerprint density at radius 2 is 2.20 bits per heavy atom. The summed E-state index contributed by atoms with van der Waals surface area (Å²) >= 11 is 0. The standard InChI is InChI=1S/C18H19N5O2/c1-11-16(20-12(2)25-11)10-23-7-5-15-14(9-23)18(24)22-17(21-15)13-4-3-6-19-8-13/h3-4,6,8H,5,7,9-10H2,1-2H3,(H,21,22,24). The van der Waals surface area contributed by atoms with E-state index >= 15 is 0 Å². The lowest BCUT2D eigenvalue weighted by Gasteiger charge is -2.27. The van der Waals surface area contributed by atoms with E-state index in [1.165, 1.54) is 0 Å². The lowest BCUT2D eigenvalue weighted by Crippen LogP contribution is -2.35. The van der Waals surface area contributed by atoms with E-state index in [0.717, 1.165) is 41.2 Å². The second kappa shape index (κ2) is 6.25. The summed E-state index contributed by atoms with van der Waals surface area (Å²) in [6.07, 6.45) is 4.14. The summed E-state index contributed by atoms with van der Waals surface area (Å²) in [5, 5.41) is 0. The van der Waals surface area contributed by atoms with Crippen LogP contribution in [0, 0.1) is 13.8 Å². The van der Waals surface area contributed by atoms with Crippen LogP contribution in [0.5, 0.6) is 0 Å². The van der Waals surface area contributed by atoms with E-state index in [2.05, 4.69) is 24.8 Å². The predicted octanol–water partition coefficient (Wildman–Crippen LogP) is 2.00. The molecule has 7 nitrogen and oxygen atoms in total. The summed E-state index contributed by atoms with van der Waals surface area (Å²) in [6.45, 7) is 5.84. The van der Waals surface area contributed by atoms with Crippen molar-refractivity contribution in [2.75, 3.05) is 6.54 Å². The van der Waals surface area contributed by atoms with Gasteiger partial charge in [0, 0.05) is 50.9 Å². The van der Waals surface area contributed by atoms with Gasteiger partial charge in [-0.2, -0.15) is 0 Å². The fourth-order valence-electron chi connectivity index (χ4n) is 3.19. The van der Waals surface area contributed by atoms with Crippen molar-refractivity contribution in [1.29, 1.82) is 0 Å². The third kappa shape index (κ3) is 3.10. The summed E-state index contributed by atoms with van der Waals surface area (Å²) in [5.74, 6) is 2.08. The normalized spacial score (nSPS) is 14.5. The summed E-state index contributed by atoms with van der Waals surface area (Å²) in [4.78, 5) is 30.8. The molecular formula is C18H19N5O2. The first-order chi connectivity index (χ1) is 12.1. The van der Waals surface area contributed by atoms with Gasteiger partial charge in [0.25, 0.3) is 5.56 Å². The summed E-state index contributed by atoms with van der Waals surface area (Å²) in [7, 11) is 0. The van der Waals surface area contributed by atoms with Gasteiger partial charge in [-0.1, -0.05) is 0 Å². The topological polar surface area (TPSA) is 87.9 Å². The number of fused-ring (bicyclic) bond motifs is 1. The van der Waals surface area contributed by atoms with Crippen molar-refractivity contribution in [3.05, 3.63) is 63.5 Å². The molecule has 0 saturated carbocycles. The van der Waals surface area contributed by atoms with Gasteiger partial charge in [0.2, 0.25) is 0 Å².